The van der Waals surface area contributed by atoms with Gasteiger partial charge in [-0.15, -0.1) is 23.1 Å². The van der Waals surface area contributed by atoms with E-state index >= 15 is 0 Å². The van der Waals surface area contributed by atoms with Crippen LogP contribution in [0.25, 0.3) is 0 Å². The van der Waals surface area contributed by atoms with Gasteiger partial charge in [-0.3, -0.25) is 9.59 Å². The largest absolute Gasteiger partial charge is 0.382 e. The molecule has 2 amide bonds. The first-order chi connectivity index (χ1) is 16.7. The van der Waals surface area contributed by atoms with Crippen molar-refractivity contribution in [1.82, 2.24) is 9.80 Å². The molecule has 180 valence electrons. The zero-order valence-corrected chi connectivity index (χ0v) is 21.2. The molecule has 0 spiro atoms. The number of rotatable bonds is 14. The minimum atomic E-state index is -0.0493. The zero-order chi connectivity index (χ0) is 24.0. The van der Waals surface area contributed by atoms with Crippen molar-refractivity contribution in [3.8, 4) is 0 Å². The lowest BCUT2D eigenvalue weighted by atomic mass is 10.2. The smallest absolute Gasteiger partial charge is 0.242 e. The van der Waals surface area contributed by atoms with Crippen LogP contribution in [0.5, 0.6) is 0 Å². The van der Waals surface area contributed by atoms with Crippen molar-refractivity contribution >= 4 is 34.9 Å². The molecule has 0 saturated carbocycles. The molecule has 5 nitrogen and oxygen atoms in total. The third kappa shape index (κ3) is 8.97. The summed E-state index contributed by atoms with van der Waals surface area (Å²) in [5.41, 5.74) is 1.07. The van der Waals surface area contributed by atoms with Crippen LogP contribution in [0.1, 0.15) is 23.8 Å². The highest BCUT2D eigenvalue weighted by atomic mass is 32.2. The van der Waals surface area contributed by atoms with Crippen molar-refractivity contribution in [3.63, 3.8) is 0 Å². The Balaban J connectivity index is 1.68. The molecule has 0 aliphatic carbocycles. The van der Waals surface area contributed by atoms with Gasteiger partial charge in [-0.2, -0.15) is 0 Å². The highest BCUT2D eigenvalue weighted by molar-refractivity contribution is 8.00. The molecule has 34 heavy (non-hydrogen) atoms. The first-order valence-electron chi connectivity index (χ1n) is 11.5. The Morgan fingerprint density at radius 1 is 0.882 bits per heavy atom. The predicted molar refractivity (Wildman–Crippen MR) is 140 cm³/mol. The number of thioether (sulfide) groups is 1. The second-order valence-electron chi connectivity index (χ2n) is 7.78. The molecule has 0 aliphatic rings. The summed E-state index contributed by atoms with van der Waals surface area (Å²) in [6, 6.07) is 23.9. The molecule has 2 aromatic carbocycles. The molecule has 0 fully saturated rings. The summed E-state index contributed by atoms with van der Waals surface area (Å²) < 4.78 is 5.46. The lowest BCUT2D eigenvalue weighted by molar-refractivity contribution is -0.140. The lowest BCUT2D eigenvalue weighted by Gasteiger charge is -2.28. The predicted octanol–water partition coefficient (Wildman–Crippen LogP) is 5.32. The Hall–Kier alpha value is -2.61. The first kappa shape index (κ1) is 26.0. The van der Waals surface area contributed by atoms with E-state index in [4.69, 9.17) is 4.74 Å². The number of carbonyl (C=O) groups is 2. The van der Waals surface area contributed by atoms with E-state index in [2.05, 4.69) is 0 Å². The third-order valence-electron chi connectivity index (χ3n) is 5.20. The number of hydrogen-bond acceptors (Lipinski definition) is 5. The molecule has 0 N–H and O–H groups in total. The van der Waals surface area contributed by atoms with Crippen molar-refractivity contribution < 1.29 is 14.3 Å². The Kier molecular flexibility index (Phi) is 11.2. The molecular formula is C27H32N2O3S2. The van der Waals surface area contributed by atoms with Crippen molar-refractivity contribution in [1.29, 1.82) is 0 Å². The number of thiophene rings is 1. The fraction of sp³-hybridized carbons (Fsp3) is 0.333. The first-order valence-corrected chi connectivity index (χ1v) is 13.4. The number of amides is 2. The Labute approximate surface area is 210 Å². The van der Waals surface area contributed by atoms with E-state index in [1.165, 1.54) is 11.8 Å². The van der Waals surface area contributed by atoms with Crippen molar-refractivity contribution in [3.05, 3.63) is 88.6 Å². The molecule has 1 heterocycles. The van der Waals surface area contributed by atoms with Crippen molar-refractivity contribution in [2.45, 2.75) is 31.3 Å². The number of carbonyl (C=O) groups excluding carboxylic acids is 2. The van der Waals surface area contributed by atoms with Crippen LogP contribution in [0.4, 0.5) is 0 Å². The quantitative estimate of drug-likeness (QED) is 0.224. The Morgan fingerprint density at radius 3 is 2.29 bits per heavy atom. The van der Waals surface area contributed by atoms with Gasteiger partial charge in [-0.05, 0) is 42.5 Å². The molecule has 0 saturated heterocycles. The summed E-state index contributed by atoms with van der Waals surface area (Å²) >= 11 is 3.13. The third-order valence-corrected chi connectivity index (χ3v) is 7.06. The number of ether oxygens (including phenoxy) is 1. The van der Waals surface area contributed by atoms with E-state index in [9.17, 15) is 9.59 Å². The van der Waals surface area contributed by atoms with Gasteiger partial charge in [-0.1, -0.05) is 54.6 Å². The summed E-state index contributed by atoms with van der Waals surface area (Å²) in [6.07, 6.45) is 0.701. The van der Waals surface area contributed by atoms with Gasteiger partial charge in [0.15, 0.2) is 0 Å². The van der Waals surface area contributed by atoms with Gasteiger partial charge in [0.2, 0.25) is 11.8 Å². The Bertz CT molecular complexity index is 982. The molecular weight excluding hydrogens is 464 g/mol. The van der Waals surface area contributed by atoms with Crippen molar-refractivity contribution in [2.24, 2.45) is 0 Å². The fourth-order valence-corrected chi connectivity index (χ4v) is 4.98. The van der Waals surface area contributed by atoms with E-state index in [1.54, 1.807) is 16.2 Å². The molecule has 7 heteroatoms. The maximum absolute atomic E-state index is 13.5. The highest BCUT2D eigenvalue weighted by Gasteiger charge is 2.22. The van der Waals surface area contributed by atoms with Crippen LogP contribution in [0, 0.1) is 0 Å². The molecule has 1 aromatic heterocycles. The summed E-state index contributed by atoms with van der Waals surface area (Å²) in [4.78, 5) is 32.3. The second-order valence-corrected chi connectivity index (χ2v) is 9.86. The Morgan fingerprint density at radius 2 is 1.62 bits per heavy atom. The number of benzene rings is 2. The van der Waals surface area contributed by atoms with Gasteiger partial charge in [-0.25, -0.2) is 0 Å². The van der Waals surface area contributed by atoms with Gasteiger partial charge in [0.1, 0.15) is 0 Å². The standard InChI is InChI=1S/C27H32N2O3S2/c1-2-32-17-10-16-28(27(31)22-34-24-13-7-4-8-14-24)21-26(30)29(20-25-15-9-18-33-25)19-23-11-5-3-6-12-23/h3-9,11-15,18H,2,10,16-17,19-22H2,1H3. The SMILES string of the molecule is CCOCCCN(CC(=O)N(Cc1ccccc1)Cc1cccs1)C(=O)CSc1ccccc1. The van der Waals surface area contributed by atoms with Crippen LogP contribution >= 0.6 is 23.1 Å². The molecule has 0 atom stereocenters. The van der Waals surface area contributed by atoms with Crippen LogP contribution in [0.3, 0.4) is 0 Å². The van der Waals surface area contributed by atoms with E-state index in [-0.39, 0.29) is 18.4 Å². The molecule has 3 aromatic rings. The minimum Gasteiger partial charge on any atom is -0.382 e. The summed E-state index contributed by atoms with van der Waals surface area (Å²) in [5, 5.41) is 2.02. The van der Waals surface area contributed by atoms with Crippen LogP contribution < -0.4 is 0 Å². The van der Waals surface area contributed by atoms with E-state index in [0.717, 1.165) is 15.3 Å². The fourth-order valence-electron chi connectivity index (χ4n) is 3.44. The van der Waals surface area contributed by atoms with Crippen molar-refractivity contribution in [2.75, 3.05) is 32.1 Å². The van der Waals surface area contributed by atoms with Gasteiger partial charge in [0, 0.05) is 36.1 Å². The van der Waals surface area contributed by atoms with Gasteiger partial charge < -0.3 is 14.5 Å². The van der Waals surface area contributed by atoms with Crippen LogP contribution in [0.2, 0.25) is 0 Å². The average molecular weight is 497 g/mol. The van der Waals surface area contributed by atoms with Crippen LogP contribution in [-0.2, 0) is 27.4 Å². The van der Waals surface area contributed by atoms with E-state index < -0.39 is 0 Å². The second kappa shape index (κ2) is 14.6. The molecule has 0 bridgehead atoms. The minimum absolute atomic E-state index is 0.0329. The topological polar surface area (TPSA) is 49.9 Å². The van der Waals surface area contributed by atoms with Gasteiger partial charge in [0.05, 0.1) is 18.8 Å². The zero-order valence-electron chi connectivity index (χ0n) is 19.6. The molecule has 0 aliphatic heterocycles. The van der Waals surface area contributed by atoms with Gasteiger partial charge >= 0.3 is 0 Å². The van der Waals surface area contributed by atoms with E-state index in [1.807, 2.05) is 90.0 Å². The van der Waals surface area contributed by atoms with Crippen LogP contribution in [-0.4, -0.2) is 53.7 Å². The van der Waals surface area contributed by atoms with Crippen LogP contribution in [0.15, 0.2) is 83.1 Å². The normalized spacial score (nSPS) is 10.7. The molecule has 0 unspecified atom stereocenters. The average Bonchev–Trinajstić information content (AvgIpc) is 3.38. The van der Waals surface area contributed by atoms with E-state index in [0.29, 0.717) is 45.0 Å². The summed E-state index contributed by atoms with van der Waals surface area (Å²) in [7, 11) is 0. The van der Waals surface area contributed by atoms with Gasteiger partial charge in [0.25, 0.3) is 0 Å². The number of hydrogen-bond donors (Lipinski definition) is 0. The highest BCUT2D eigenvalue weighted by Crippen LogP contribution is 2.19. The maximum atomic E-state index is 13.5. The lowest BCUT2D eigenvalue weighted by Crippen LogP contribution is -2.43. The summed E-state index contributed by atoms with van der Waals surface area (Å²) in [6.45, 7) is 4.78. The monoisotopic (exact) mass is 496 g/mol. The summed E-state index contributed by atoms with van der Waals surface area (Å²) in [5.74, 6) is 0.219. The molecule has 0 radical (unpaired) electrons. The maximum Gasteiger partial charge on any atom is 0.242 e. The molecule has 3 rings (SSSR count). The number of nitrogens with zero attached hydrogens (tertiary/aromatic N) is 2.